The van der Waals surface area contributed by atoms with Crippen LogP contribution in [0.25, 0.3) is 0 Å². The van der Waals surface area contributed by atoms with Gasteiger partial charge in [-0.3, -0.25) is 4.90 Å². The minimum absolute atomic E-state index is 0.321. The highest BCUT2D eigenvalue weighted by molar-refractivity contribution is 7.13. The van der Waals surface area contributed by atoms with Gasteiger partial charge in [-0.25, -0.2) is 4.98 Å². The number of likely N-dealkylation sites (tertiary alicyclic amines) is 1. The Labute approximate surface area is 163 Å². The van der Waals surface area contributed by atoms with Gasteiger partial charge < -0.3 is 9.88 Å². The van der Waals surface area contributed by atoms with Crippen LogP contribution in [0.15, 0.2) is 48.4 Å². The van der Waals surface area contributed by atoms with Crippen LogP contribution in [0.2, 0.25) is 0 Å². The summed E-state index contributed by atoms with van der Waals surface area (Å²) in [6.45, 7) is 5.41. The normalized spacial score (nSPS) is 25.2. The molecule has 2 saturated heterocycles. The molecule has 2 atom stereocenters. The van der Waals surface area contributed by atoms with Crippen molar-refractivity contribution in [3.63, 3.8) is 0 Å². The maximum Gasteiger partial charge on any atom is 0.208 e. The highest BCUT2D eigenvalue weighted by Gasteiger charge is 2.52. The van der Waals surface area contributed by atoms with Crippen molar-refractivity contribution in [3.05, 3.63) is 59.6 Å². The Morgan fingerprint density at radius 2 is 2.11 bits per heavy atom. The summed E-state index contributed by atoms with van der Waals surface area (Å²) in [5.41, 5.74) is 4.80. The lowest BCUT2D eigenvalue weighted by Crippen LogP contribution is -2.34. The minimum Gasteiger partial charge on any atom is -0.347 e. The fourth-order valence-corrected chi connectivity index (χ4v) is 5.44. The maximum atomic E-state index is 4.32. The van der Waals surface area contributed by atoms with Crippen molar-refractivity contribution in [2.45, 2.75) is 19.4 Å². The first-order chi connectivity index (χ1) is 13.3. The van der Waals surface area contributed by atoms with Gasteiger partial charge in [-0.05, 0) is 24.3 Å². The van der Waals surface area contributed by atoms with Gasteiger partial charge in [0.1, 0.15) is 5.51 Å². The molecule has 27 heavy (non-hydrogen) atoms. The summed E-state index contributed by atoms with van der Waals surface area (Å²) in [4.78, 5) is 12.5. The molecule has 0 amide bonds. The average molecular weight is 381 g/mol. The van der Waals surface area contributed by atoms with Crippen molar-refractivity contribution >= 4 is 16.5 Å². The quantitative estimate of drug-likeness (QED) is 0.713. The van der Waals surface area contributed by atoms with Crippen molar-refractivity contribution in [1.82, 2.24) is 25.1 Å². The van der Waals surface area contributed by atoms with Crippen LogP contribution in [-0.2, 0) is 13.0 Å². The van der Waals surface area contributed by atoms with E-state index < -0.39 is 0 Å². The van der Waals surface area contributed by atoms with Crippen molar-refractivity contribution in [2.75, 3.05) is 31.1 Å². The third-order valence-corrected chi connectivity index (χ3v) is 6.90. The number of benzene rings is 1. The molecule has 4 heterocycles. The van der Waals surface area contributed by atoms with Crippen LogP contribution in [0.5, 0.6) is 0 Å². The molecule has 0 spiro atoms. The van der Waals surface area contributed by atoms with Gasteiger partial charge in [-0.15, -0.1) is 10.2 Å². The van der Waals surface area contributed by atoms with Crippen LogP contribution in [0.4, 0.5) is 5.13 Å². The van der Waals surface area contributed by atoms with Crippen LogP contribution < -0.4 is 4.90 Å². The van der Waals surface area contributed by atoms with E-state index in [1.54, 1.807) is 17.7 Å². The topological polar surface area (TPSA) is 60.9 Å². The number of fused-ring (bicyclic) bond motifs is 1. The maximum absolute atomic E-state index is 4.32. The molecule has 2 aromatic heterocycles. The number of nitrogens with one attached hydrogen (secondary N) is 1. The number of hydrogen-bond donors (Lipinski definition) is 1. The number of imidazole rings is 1. The van der Waals surface area contributed by atoms with E-state index in [4.69, 9.17) is 0 Å². The zero-order valence-corrected chi connectivity index (χ0v) is 16.1. The highest BCUT2D eigenvalue weighted by Crippen LogP contribution is 2.47. The van der Waals surface area contributed by atoms with E-state index in [1.807, 2.05) is 11.7 Å². The van der Waals surface area contributed by atoms with Crippen molar-refractivity contribution in [2.24, 2.45) is 11.3 Å². The van der Waals surface area contributed by atoms with Gasteiger partial charge in [-0.2, -0.15) is 0 Å². The predicted octanol–water partition coefficient (Wildman–Crippen LogP) is 2.83. The zero-order chi connectivity index (χ0) is 18.1. The zero-order valence-electron chi connectivity index (χ0n) is 15.3. The number of aromatic amines is 1. The van der Waals surface area contributed by atoms with E-state index in [0.29, 0.717) is 11.3 Å². The van der Waals surface area contributed by atoms with Crippen LogP contribution >= 0.6 is 11.3 Å². The van der Waals surface area contributed by atoms with E-state index in [9.17, 15) is 0 Å². The summed E-state index contributed by atoms with van der Waals surface area (Å²) in [7, 11) is 0. The number of hydrogen-bond acceptors (Lipinski definition) is 6. The third kappa shape index (κ3) is 3.37. The second kappa shape index (κ2) is 7.05. The first kappa shape index (κ1) is 16.9. The van der Waals surface area contributed by atoms with E-state index in [2.05, 4.69) is 60.3 Å². The number of nitrogens with zero attached hydrogens (tertiary/aromatic N) is 5. The summed E-state index contributed by atoms with van der Waals surface area (Å²) in [5, 5.41) is 9.44. The predicted molar refractivity (Wildman–Crippen MR) is 107 cm³/mol. The monoisotopic (exact) mass is 380 g/mol. The molecule has 1 N–H and O–H groups in total. The largest absolute Gasteiger partial charge is 0.347 e. The molecular formula is C20H24N6S. The summed E-state index contributed by atoms with van der Waals surface area (Å²) < 4.78 is 0. The number of anilines is 1. The summed E-state index contributed by atoms with van der Waals surface area (Å²) in [6, 6.07) is 10.9. The molecule has 7 heteroatoms. The first-order valence-electron chi connectivity index (χ1n) is 9.55. The molecule has 0 aliphatic carbocycles. The lowest BCUT2D eigenvalue weighted by atomic mass is 9.76. The average Bonchev–Trinajstić information content (AvgIpc) is 3.45. The second-order valence-corrected chi connectivity index (χ2v) is 8.70. The van der Waals surface area contributed by atoms with Crippen LogP contribution in [0, 0.1) is 11.3 Å². The molecule has 6 nitrogen and oxygen atoms in total. The number of aromatic nitrogens is 4. The Bertz CT molecular complexity index is 850. The Kier molecular flexibility index (Phi) is 4.41. The van der Waals surface area contributed by atoms with E-state index >= 15 is 0 Å². The standard InChI is InChI=1S/C20H24N6S/c1-2-4-16(5-3-1)6-7-20-12-25(11-18-8-21-14-22-18)9-17(20)10-26(13-20)19-24-23-15-27-19/h1-5,8,14-15,17H,6-7,9-13H2,(H,21,22). The van der Waals surface area contributed by atoms with Crippen molar-refractivity contribution < 1.29 is 0 Å². The summed E-state index contributed by atoms with van der Waals surface area (Å²) >= 11 is 1.65. The molecule has 0 bridgehead atoms. The molecule has 2 unspecified atom stereocenters. The van der Waals surface area contributed by atoms with Crippen molar-refractivity contribution in [3.8, 4) is 0 Å². The smallest absolute Gasteiger partial charge is 0.208 e. The lowest BCUT2D eigenvalue weighted by Gasteiger charge is -2.29. The van der Waals surface area contributed by atoms with Gasteiger partial charge in [0.25, 0.3) is 0 Å². The third-order valence-electron chi connectivity index (χ3n) is 6.15. The first-order valence-corrected chi connectivity index (χ1v) is 10.4. The van der Waals surface area contributed by atoms with E-state index in [1.165, 1.54) is 17.7 Å². The van der Waals surface area contributed by atoms with Crippen LogP contribution in [0.3, 0.4) is 0 Å². The molecule has 3 aromatic rings. The molecule has 5 rings (SSSR count). The van der Waals surface area contributed by atoms with Gasteiger partial charge in [0.2, 0.25) is 5.13 Å². The highest BCUT2D eigenvalue weighted by atomic mass is 32.1. The SMILES string of the molecule is c1ccc(CCC23CN(Cc4cnc[nH]4)CC2CN(c2nncs2)C3)cc1. The van der Waals surface area contributed by atoms with Gasteiger partial charge in [0.15, 0.2) is 0 Å². The van der Waals surface area contributed by atoms with Crippen LogP contribution in [0.1, 0.15) is 17.7 Å². The molecule has 1 aromatic carbocycles. The van der Waals surface area contributed by atoms with E-state index in [-0.39, 0.29) is 0 Å². The molecular weight excluding hydrogens is 356 g/mol. The number of rotatable bonds is 6. The number of aryl methyl sites for hydroxylation is 1. The molecule has 2 aliphatic rings. The minimum atomic E-state index is 0.321. The lowest BCUT2D eigenvalue weighted by molar-refractivity contribution is 0.239. The number of H-pyrrole nitrogens is 1. The Morgan fingerprint density at radius 3 is 2.89 bits per heavy atom. The Hall–Kier alpha value is -2.25. The fraction of sp³-hybridized carbons (Fsp3) is 0.450. The molecule has 140 valence electrons. The van der Waals surface area contributed by atoms with Gasteiger partial charge >= 0.3 is 0 Å². The Morgan fingerprint density at radius 1 is 1.19 bits per heavy atom. The molecule has 0 saturated carbocycles. The second-order valence-electron chi connectivity index (χ2n) is 7.89. The summed E-state index contributed by atoms with van der Waals surface area (Å²) in [6.07, 6.45) is 6.07. The van der Waals surface area contributed by atoms with E-state index in [0.717, 1.165) is 44.3 Å². The van der Waals surface area contributed by atoms with Gasteiger partial charge in [0.05, 0.1) is 6.33 Å². The van der Waals surface area contributed by atoms with Gasteiger partial charge in [-0.1, -0.05) is 41.7 Å². The van der Waals surface area contributed by atoms with Crippen LogP contribution in [-0.4, -0.2) is 51.2 Å². The van der Waals surface area contributed by atoms with Gasteiger partial charge in [0, 0.05) is 50.0 Å². The molecule has 0 radical (unpaired) electrons. The summed E-state index contributed by atoms with van der Waals surface area (Å²) in [5.74, 6) is 0.674. The molecule has 2 fully saturated rings. The fourth-order valence-electron chi connectivity index (χ4n) is 4.87. The molecule has 2 aliphatic heterocycles. The van der Waals surface area contributed by atoms with Crippen molar-refractivity contribution in [1.29, 1.82) is 0 Å². The Balaban J connectivity index is 1.34.